The molecule has 138 valence electrons. The number of rotatable bonds is 2. The molecule has 0 atom stereocenters. The Balaban J connectivity index is 0.00000240. The van der Waals surface area contributed by atoms with E-state index in [0.29, 0.717) is 11.3 Å². The second-order valence-electron chi connectivity index (χ2n) is 6.87. The third-order valence-electron chi connectivity index (χ3n) is 4.77. The molecule has 0 saturated carbocycles. The van der Waals surface area contributed by atoms with Crippen LogP contribution in [0.4, 0.5) is 0 Å². The first-order chi connectivity index (χ1) is 13.5. The Kier molecular flexibility index (Phi) is 4.50. The van der Waals surface area contributed by atoms with E-state index >= 15 is 0 Å². The Morgan fingerprint density at radius 3 is 2.50 bits per heavy atom. The topological polar surface area (TPSA) is 47.3 Å². The molecule has 28 heavy (non-hydrogen) atoms. The van der Waals surface area contributed by atoms with E-state index in [9.17, 15) is 4.79 Å². The Labute approximate surface area is 165 Å². The zero-order valence-electron chi connectivity index (χ0n) is 16.0. The van der Waals surface area contributed by atoms with Crippen molar-refractivity contribution in [1.82, 2.24) is 14.6 Å². The van der Waals surface area contributed by atoms with Gasteiger partial charge < -0.3 is 0 Å². The van der Waals surface area contributed by atoms with Crippen molar-refractivity contribution in [3.63, 3.8) is 0 Å². The van der Waals surface area contributed by atoms with E-state index in [0.717, 1.165) is 22.4 Å². The highest BCUT2D eigenvalue weighted by atomic mass is 16.1. The summed E-state index contributed by atoms with van der Waals surface area (Å²) >= 11 is 0. The predicted octanol–water partition coefficient (Wildman–Crippen LogP) is 4.80. The molecule has 0 spiro atoms. The molecule has 0 N–H and O–H groups in total. The summed E-state index contributed by atoms with van der Waals surface area (Å²) < 4.78 is 1.70. The zero-order chi connectivity index (χ0) is 19.7. The molecule has 4 aromatic rings. The summed E-state index contributed by atoms with van der Waals surface area (Å²) in [7, 11) is 0. The molecule has 4 heteroatoms. The number of carbonyl (C=O) groups is 1. The average molecular weight is 367 g/mol. The van der Waals surface area contributed by atoms with Crippen molar-refractivity contribution >= 4 is 11.4 Å². The summed E-state index contributed by atoms with van der Waals surface area (Å²) in [5.41, 5.74) is 7.23. The fourth-order valence-electron chi connectivity index (χ4n) is 2.96. The standard InChI is InChI=1S/C24H19N3O.H2/c1-16-4-7-19(8-5-16)9-11-23(28)21-15-24-25-13-12-22(27(24)26-21)20-10-6-17(2)18(3)14-20;/h4-8,10,12-15H,1-3H3;1H. The second-order valence-corrected chi connectivity index (χ2v) is 6.87. The molecule has 0 aliphatic heterocycles. The largest absolute Gasteiger partial charge is 0.277 e. The van der Waals surface area contributed by atoms with Gasteiger partial charge in [0.25, 0.3) is 5.78 Å². The minimum Gasteiger partial charge on any atom is -0.277 e. The Morgan fingerprint density at radius 1 is 0.964 bits per heavy atom. The maximum atomic E-state index is 12.5. The number of carbonyl (C=O) groups excluding carboxylic acids is 1. The van der Waals surface area contributed by atoms with Gasteiger partial charge in [-0.15, -0.1) is 0 Å². The number of benzene rings is 2. The van der Waals surface area contributed by atoms with E-state index in [2.05, 4.69) is 54.0 Å². The summed E-state index contributed by atoms with van der Waals surface area (Å²) in [5.74, 6) is 5.26. The van der Waals surface area contributed by atoms with E-state index in [-0.39, 0.29) is 7.21 Å². The smallest absolute Gasteiger partial charge is 0.256 e. The number of hydrogen-bond acceptors (Lipinski definition) is 3. The van der Waals surface area contributed by atoms with Gasteiger partial charge in [-0.25, -0.2) is 9.50 Å². The Bertz CT molecular complexity index is 1260. The van der Waals surface area contributed by atoms with Gasteiger partial charge in [-0.1, -0.05) is 35.7 Å². The number of ketones is 1. The molecule has 0 unspecified atom stereocenters. The molecule has 0 saturated heterocycles. The molecule has 4 nitrogen and oxygen atoms in total. The normalized spacial score (nSPS) is 10.5. The quantitative estimate of drug-likeness (QED) is 0.378. The third-order valence-corrected chi connectivity index (χ3v) is 4.77. The van der Waals surface area contributed by atoms with E-state index in [1.807, 2.05) is 37.3 Å². The highest BCUT2D eigenvalue weighted by Crippen LogP contribution is 2.22. The van der Waals surface area contributed by atoms with E-state index in [1.165, 1.54) is 11.1 Å². The van der Waals surface area contributed by atoms with Crippen LogP contribution in [0.1, 0.15) is 34.2 Å². The van der Waals surface area contributed by atoms with Gasteiger partial charge >= 0.3 is 0 Å². The first-order valence-corrected chi connectivity index (χ1v) is 9.07. The van der Waals surface area contributed by atoms with Gasteiger partial charge in [-0.2, -0.15) is 5.10 Å². The van der Waals surface area contributed by atoms with E-state index in [4.69, 9.17) is 0 Å². The number of Topliss-reactive ketones (excluding diaryl/α,β-unsaturated/α-hetero) is 1. The summed E-state index contributed by atoms with van der Waals surface area (Å²) in [6, 6.07) is 17.6. The van der Waals surface area contributed by atoms with Gasteiger partial charge in [0.05, 0.1) is 5.69 Å². The monoisotopic (exact) mass is 367 g/mol. The van der Waals surface area contributed by atoms with Crippen molar-refractivity contribution in [1.29, 1.82) is 0 Å². The molecule has 0 amide bonds. The van der Waals surface area contributed by atoms with Gasteiger partial charge in [-0.3, -0.25) is 4.79 Å². The lowest BCUT2D eigenvalue weighted by molar-refractivity contribution is 0.105. The lowest BCUT2D eigenvalue weighted by Gasteiger charge is -2.07. The molecule has 0 fully saturated rings. The first-order valence-electron chi connectivity index (χ1n) is 9.07. The zero-order valence-corrected chi connectivity index (χ0v) is 16.0. The summed E-state index contributed by atoms with van der Waals surface area (Å²) in [6.45, 7) is 6.17. The van der Waals surface area contributed by atoms with Crippen molar-refractivity contribution in [2.24, 2.45) is 0 Å². The average Bonchev–Trinajstić information content (AvgIpc) is 3.14. The van der Waals surface area contributed by atoms with Crippen LogP contribution in [-0.4, -0.2) is 20.4 Å². The predicted molar refractivity (Wildman–Crippen MR) is 112 cm³/mol. The molecule has 0 aliphatic carbocycles. The van der Waals surface area contributed by atoms with Crippen LogP contribution in [0, 0.1) is 32.6 Å². The fourth-order valence-corrected chi connectivity index (χ4v) is 2.96. The number of aryl methyl sites for hydroxylation is 3. The Morgan fingerprint density at radius 2 is 1.75 bits per heavy atom. The molecule has 2 aromatic heterocycles. The minimum atomic E-state index is -0.322. The number of nitrogens with zero attached hydrogens (tertiary/aromatic N) is 3. The van der Waals surface area contributed by atoms with Crippen LogP contribution in [0.3, 0.4) is 0 Å². The maximum absolute atomic E-state index is 12.5. The van der Waals surface area contributed by atoms with Crippen molar-refractivity contribution < 1.29 is 6.22 Å². The molecule has 2 aromatic carbocycles. The number of aromatic nitrogens is 3. The van der Waals surface area contributed by atoms with Gasteiger partial charge in [0.15, 0.2) is 5.65 Å². The van der Waals surface area contributed by atoms with E-state index < -0.39 is 0 Å². The number of fused-ring (bicyclic) bond motifs is 1. The molecular weight excluding hydrogens is 346 g/mol. The van der Waals surface area contributed by atoms with Crippen molar-refractivity contribution in [3.8, 4) is 23.1 Å². The van der Waals surface area contributed by atoms with Crippen LogP contribution < -0.4 is 0 Å². The highest BCUT2D eigenvalue weighted by Gasteiger charge is 2.13. The SMILES string of the molecule is Cc1ccc(C#CC(=O)c2cc3nccc(-c4ccc(C)c(C)c4)n3n2)cc1.[HH]. The van der Waals surface area contributed by atoms with Crippen molar-refractivity contribution in [2.75, 3.05) is 0 Å². The highest BCUT2D eigenvalue weighted by molar-refractivity contribution is 6.08. The van der Waals surface area contributed by atoms with E-state index in [1.54, 1.807) is 16.8 Å². The Hall–Kier alpha value is -3.71. The molecule has 2 heterocycles. The van der Waals surface area contributed by atoms with Gasteiger partial charge in [0.2, 0.25) is 0 Å². The summed E-state index contributed by atoms with van der Waals surface area (Å²) in [5, 5.41) is 4.47. The van der Waals surface area contributed by atoms with Crippen LogP contribution in [0.15, 0.2) is 60.8 Å². The summed E-state index contributed by atoms with van der Waals surface area (Å²) in [6.07, 6.45) is 1.73. The lowest BCUT2D eigenvalue weighted by Crippen LogP contribution is -1.99. The minimum absolute atomic E-state index is 0. The number of hydrogen-bond donors (Lipinski definition) is 0. The van der Waals surface area contributed by atoms with Crippen molar-refractivity contribution in [3.05, 3.63) is 88.7 Å². The fraction of sp³-hybridized carbons (Fsp3) is 0.125. The maximum Gasteiger partial charge on any atom is 0.256 e. The van der Waals surface area contributed by atoms with Crippen LogP contribution in [0.5, 0.6) is 0 Å². The molecule has 0 radical (unpaired) electrons. The van der Waals surface area contributed by atoms with Crippen LogP contribution >= 0.6 is 0 Å². The molecule has 0 bridgehead atoms. The second kappa shape index (κ2) is 7.13. The van der Waals surface area contributed by atoms with Gasteiger partial charge in [0, 0.05) is 24.8 Å². The molecular formula is C24H21N3O. The van der Waals surface area contributed by atoms with Gasteiger partial charge in [-0.05, 0) is 62.1 Å². The molecule has 4 rings (SSSR count). The first kappa shape index (κ1) is 17.7. The molecule has 0 aliphatic rings. The third kappa shape index (κ3) is 3.43. The summed E-state index contributed by atoms with van der Waals surface area (Å²) in [4.78, 5) is 16.9. The van der Waals surface area contributed by atoms with Gasteiger partial charge in [0.1, 0.15) is 5.69 Å². The van der Waals surface area contributed by atoms with Crippen LogP contribution in [0.2, 0.25) is 0 Å². The van der Waals surface area contributed by atoms with Crippen LogP contribution in [0.25, 0.3) is 16.9 Å². The van der Waals surface area contributed by atoms with Crippen molar-refractivity contribution in [2.45, 2.75) is 20.8 Å². The van der Waals surface area contributed by atoms with Crippen LogP contribution in [-0.2, 0) is 0 Å². The lowest BCUT2D eigenvalue weighted by atomic mass is 10.0.